The van der Waals surface area contributed by atoms with E-state index in [1.165, 1.54) is 6.42 Å². The molecule has 2 N–H and O–H groups in total. The highest BCUT2D eigenvalue weighted by atomic mass is 16.3. The van der Waals surface area contributed by atoms with Crippen LogP contribution in [-0.4, -0.2) is 27.5 Å². The van der Waals surface area contributed by atoms with Crippen LogP contribution in [0.3, 0.4) is 0 Å². The number of rotatable bonds is 2. The lowest BCUT2D eigenvalue weighted by Crippen LogP contribution is -2.41. The summed E-state index contributed by atoms with van der Waals surface area (Å²) in [5.41, 5.74) is 2.00. The minimum absolute atomic E-state index is 0.173. The van der Waals surface area contributed by atoms with E-state index in [-0.39, 0.29) is 6.04 Å². The van der Waals surface area contributed by atoms with Gasteiger partial charge < -0.3 is 10.4 Å². The van der Waals surface area contributed by atoms with Crippen molar-refractivity contribution >= 4 is 0 Å². The van der Waals surface area contributed by atoms with Crippen molar-refractivity contribution in [3.63, 3.8) is 0 Å². The molecule has 2 rings (SSSR count). The standard InChI is InChI=1S/C12H21N3O/c1-8-4-5-13-11(6-8)12(16)10-7-14-15(3)9(10)2/h7-8,11-13,16H,4-6H2,1-3H3. The van der Waals surface area contributed by atoms with Crippen LogP contribution in [-0.2, 0) is 7.05 Å². The third kappa shape index (κ3) is 2.13. The largest absolute Gasteiger partial charge is 0.387 e. The summed E-state index contributed by atoms with van der Waals surface area (Å²) in [5, 5.41) is 17.9. The van der Waals surface area contributed by atoms with Gasteiger partial charge in [0.15, 0.2) is 0 Å². The van der Waals surface area contributed by atoms with E-state index in [9.17, 15) is 5.11 Å². The minimum atomic E-state index is -0.434. The summed E-state index contributed by atoms with van der Waals surface area (Å²) in [7, 11) is 1.91. The van der Waals surface area contributed by atoms with Crippen molar-refractivity contribution in [1.29, 1.82) is 0 Å². The topological polar surface area (TPSA) is 50.1 Å². The second-order valence-electron chi connectivity index (χ2n) is 4.94. The van der Waals surface area contributed by atoms with Gasteiger partial charge in [0, 0.05) is 24.3 Å². The number of aliphatic hydroxyl groups excluding tert-OH is 1. The number of hydrogen-bond donors (Lipinski definition) is 2. The van der Waals surface area contributed by atoms with Crippen molar-refractivity contribution in [1.82, 2.24) is 15.1 Å². The van der Waals surface area contributed by atoms with Gasteiger partial charge in [-0.2, -0.15) is 5.10 Å². The monoisotopic (exact) mass is 223 g/mol. The first kappa shape index (κ1) is 11.6. The summed E-state index contributed by atoms with van der Waals surface area (Å²) < 4.78 is 1.81. The van der Waals surface area contributed by atoms with Gasteiger partial charge in [-0.1, -0.05) is 6.92 Å². The smallest absolute Gasteiger partial charge is 0.0975 e. The van der Waals surface area contributed by atoms with Crippen LogP contribution < -0.4 is 5.32 Å². The fourth-order valence-electron chi connectivity index (χ4n) is 2.41. The first-order valence-electron chi connectivity index (χ1n) is 5.99. The average molecular weight is 223 g/mol. The van der Waals surface area contributed by atoms with Crippen LogP contribution in [0.4, 0.5) is 0 Å². The summed E-state index contributed by atoms with van der Waals surface area (Å²) in [6.07, 6.45) is 3.59. The van der Waals surface area contributed by atoms with Gasteiger partial charge in [0.1, 0.15) is 0 Å². The Hall–Kier alpha value is -0.870. The van der Waals surface area contributed by atoms with E-state index in [2.05, 4.69) is 17.3 Å². The van der Waals surface area contributed by atoms with Crippen LogP contribution in [0, 0.1) is 12.8 Å². The Morgan fingerprint density at radius 1 is 1.62 bits per heavy atom. The van der Waals surface area contributed by atoms with Gasteiger partial charge in [0.2, 0.25) is 0 Å². The molecule has 1 saturated heterocycles. The molecule has 0 amide bonds. The fraction of sp³-hybridized carbons (Fsp3) is 0.750. The lowest BCUT2D eigenvalue weighted by Gasteiger charge is -2.31. The predicted molar refractivity (Wildman–Crippen MR) is 63.1 cm³/mol. The van der Waals surface area contributed by atoms with E-state index in [1.807, 2.05) is 18.7 Å². The normalized spacial score (nSPS) is 28.0. The highest BCUT2D eigenvalue weighted by Gasteiger charge is 2.27. The summed E-state index contributed by atoms with van der Waals surface area (Å²) in [5.74, 6) is 0.692. The van der Waals surface area contributed by atoms with E-state index in [4.69, 9.17) is 0 Å². The average Bonchev–Trinajstić information content (AvgIpc) is 2.59. The molecule has 1 aliphatic rings. The molecule has 1 aliphatic heterocycles. The van der Waals surface area contributed by atoms with Gasteiger partial charge in [0.05, 0.1) is 12.3 Å². The van der Waals surface area contributed by atoms with Crippen LogP contribution in [0.2, 0.25) is 0 Å². The van der Waals surface area contributed by atoms with E-state index in [1.54, 1.807) is 6.20 Å². The van der Waals surface area contributed by atoms with Gasteiger partial charge in [-0.05, 0) is 32.2 Å². The molecule has 4 nitrogen and oxygen atoms in total. The lowest BCUT2D eigenvalue weighted by atomic mass is 9.89. The lowest BCUT2D eigenvalue weighted by molar-refractivity contribution is 0.101. The van der Waals surface area contributed by atoms with E-state index < -0.39 is 6.10 Å². The summed E-state index contributed by atoms with van der Waals surface area (Å²) >= 11 is 0. The van der Waals surface area contributed by atoms with Crippen LogP contribution in [0.25, 0.3) is 0 Å². The van der Waals surface area contributed by atoms with E-state index in [0.29, 0.717) is 5.92 Å². The Morgan fingerprint density at radius 2 is 2.38 bits per heavy atom. The molecule has 90 valence electrons. The Balaban J connectivity index is 2.12. The first-order chi connectivity index (χ1) is 7.59. The number of aliphatic hydroxyl groups is 1. The zero-order valence-electron chi connectivity index (χ0n) is 10.3. The van der Waals surface area contributed by atoms with Crippen molar-refractivity contribution < 1.29 is 5.11 Å². The molecule has 2 heterocycles. The second kappa shape index (κ2) is 4.55. The first-order valence-corrected chi connectivity index (χ1v) is 5.99. The summed E-state index contributed by atoms with van der Waals surface area (Å²) in [6.45, 7) is 5.25. The molecule has 0 radical (unpaired) electrons. The van der Waals surface area contributed by atoms with Crippen LogP contribution >= 0.6 is 0 Å². The molecule has 0 aliphatic carbocycles. The molecule has 3 atom stereocenters. The highest BCUT2D eigenvalue weighted by molar-refractivity contribution is 5.20. The maximum atomic E-state index is 10.3. The van der Waals surface area contributed by atoms with Crippen LogP contribution in [0.1, 0.15) is 37.1 Å². The number of aromatic nitrogens is 2. The molecular formula is C12H21N3O. The Labute approximate surface area is 96.7 Å². The molecule has 0 aromatic carbocycles. The van der Waals surface area contributed by atoms with Crippen molar-refractivity contribution in [3.8, 4) is 0 Å². The number of aryl methyl sites for hydroxylation is 1. The second-order valence-corrected chi connectivity index (χ2v) is 4.94. The maximum absolute atomic E-state index is 10.3. The van der Waals surface area contributed by atoms with E-state index >= 15 is 0 Å². The fourth-order valence-corrected chi connectivity index (χ4v) is 2.41. The zero-order chi connectivity index (χ0) is 11.7. The SMILES string of the molecule is Cc1c(C(O)C2CC(C)CCN2)cnn1C. The van der Waals surface area contributed by atoms with Gasteiger partial charge in [0.25, 0.3) is 0 Å². The van der Waals surface area contributed by atoms with Gasteiger partial charge >= 0.3 is 0 Å². The zero-order valence-corrected chi connectivity index (χ0v) is 10.3. The Kier molecular flexibility index (Phi) is 3.30. The molecule has 1 aromatic rings. The molecule has 4 heteroatoms. The molecule has 1 fully saturated rings. The maximum Gasteiger partial charge on any atom is 0.0975 e. The number of hydrogen-bond acceptors (Lipinski definition) is 3. The van der Waals surface area contributed by atoms with Crippen molar-refractivity contribution in [2.75, 3.05) is 6.54 Å². The van der Waals surface area contributed by atoms with Crippen molar-refractivity contribution in [2.24, 2.45) is 13.0 Å². The highest BCUT2D eigenvalue weighted by Crippen LogP contribution is 2.27. The van der Waals surface area contributed by atoms with E-state index in [0.717, 1.165) is 24.2 Å². The number of nitrogens with one attached hydrogen (secondary N) is 1. The molecule has 0 saturated carbocycles. The summed E-state index contributed by atoms with van der Waals surface area (Å²) in [6, 6.07) is 0.173. The van der Waals surface area contributed by atoms with Crippen molar-refractivity contribution in [2.45, 2.75) is 38.8 Å². The quantitative estimate of drug-likeness (QED) is 0.791. The van der Waals surface area contributed by atoms with Gasteiger partial charge in [-0.15, -0.1) is 0 Å². The van der Waals surface area contributed by atoms with Gasteiger partial charge in [-0.25, -0.2) is 0 Å². The molecule has 0 spiro atoms. The van der Waals surface area contributed by atoms with Crippen molar-refractivity contribution in [3.05, 3.63) is 17.5 Å². The number of nitrogens with zero attached hydrogens (tertiary/aromatic N) is 2. The molecule has 3 unspecified atom stereocenters. The Bertz CT molecular complexity index is 361. The predicted octanol–water partition coefficient (Wildman–Crippen LogP) is 1.15. The Morgan fingerprint density at radius 3 is 2.94 bits per heavy atom. The summed E-state index contributed by atoms with van der Waals surface area (Å²) in [4.78, 5) is 0. The molecule has 1 aromatic heterocycles. The third-order valence-electron chi connectivity index (χ3n) is 3.67. The third-order valence-corrected chi connectivity index (χ3v) is 3.67. The number of piperidine rings is 1. The van der Waals surface area contributed by atoms with Crippen LogP contribution in [0.5, 0.6) is 0 Å². The molecule has 0 bridgehead atoms. The van der Waals surface area contributed by atoms with Crippen LogP contribution in [0.15, 0.2) is 6.20 Å². The molecule has 16 heavy (non-hydrogen) atoms. The molecular weight excluding hydrogens is 202 g/mol. The van der Waals surface area contributed by atoms with Gasteiger partial charge in [-0.3, -0.25) is 4.68 Å². The minimum Gasteiger partial charge on any atom is -0.387 e.